The quantitative estimate of drug-likeness (QED) is 0.826. The van der Waals surface area contributed by atoms with Crippen LogP contribution in [0.15, 0.2) is 18.2 Å². The first kappa shape index (κ1) is 10.9. The van der Waals surface area contributed by atoms with Crippen molar-refractivity contribution in [3.05, 3.63) is 35.0 Å². The topological polar surface area (TPSA) is 24.9 Å². The Morgan fingerprint density at radius 1 is 1.19 bits per heavy atom. The van der Waals surface area contributed by atoms with Gasteiger partial charge in [0.05, 0.1) is 5.52 Å². The summed E-state index contributed by atoms with van der Waals surface area (Å²) in [4.78, 5) is 4.64. The maximum atomic E-state index is 4.64. The number of aromatic nitrogens is 1. The van der Waals surface area contributed by atoms with Crippen LogP contribution in [0.2, 0.25) is 0 Å². The van der Waals surface area contributed by atoms with E-state index in [1.54, 1.807) is 0 Å². The third kappa shape index (κ3) is 1.75. The highest BCUT2D eigenvalue weighted by molar-refractivity contribution is 5.93. The molecular formula is C14H18N2. The first-order valence-electron chi connectivity index (χ1n) is 5.75. The Morgan fingerprint density at radius 2 is 1.94 bits per heavy atom. The lowest BCUT2D eigenvalue weighted by Gasteiger charge is -2.12. The Balaban J connectivity index is 2.78. The molecule has 0 aliphatic carbocycles. The summed E-state index contributed by atoms with van der Waals surface area (Å²) >= 11 is 0. The zero-order valence-corrected chi connectivity index (χ0v) is 10.4. The molecule has 2 heteroatoms. The van der Waals surface area contributed by atoms with Crippen molar-refractivity contribution < 1.29 is 0 Å². The van der Waals surface area contributed by atoms with Gasteiger partial charge in [-0.05, 0) is 44.9 Å². The molecule has 16 heavy (non-hydrogen) atoms. The van der Waals surface area contributed by atoms with Gasteiger partial charge in [0, 0.05) is 23.3 Å². The van der Waals surface area contributed by atoms with Crippen LogP contribution in [0.4, 0.5) is 5.69 Å². The number of hydrogen-bond donors (Lipinski definition) is 1. The Hall–Kier alpha value is -1.57. The standard InChI is InChI=1S/C14H18N2/c1-5-15-13-8-10(3)16-14-11(4)9(2)6-7-12(13)14/h6-8H,5H2,1-4H3,(H,15,16). The summed E-state index contributed by atoms with van der Waals surface area (Å²) in [5.74, 6) is 0. The molecular weight excluding hydrogens is 196 g/mol. The molecule has 0 saturated heterocycles. The SMILES string of the molecule is CCNc1cc(C)nc2c(C)c(C)ccc12. The van der Waals surface area contributed by atoms with Crippen molar-refractivity contribution in [1.82, 2.24) is 4.98 Å². The fraction of sp³-hybridized carbons (Fsp3) is 0.357. The largest absolute Gasteiger partial charge is 0.385 e. The zero-order valence-electron chi connectivity index (χ0n) is 10.4. The van der Waals surface area contributed by atoms with E-state index >= 15 is 0 Å². The third-order valence-electron chi connectivity index (χ3n) is 3.00. The van der Waals surface area contributed by atoms with E-state index in [0.717, 1.165) is 17.8 Å². The first-order chi connectivity index (χ1) is 7.63. The molecule has 1 N–H and O–H groups in total. The van der Waals surface area contributed by atoms with E-state index in [9.17, 15) is 0 Å². The average Bonchev–Trinajstić information content (AvgIpc) is 2.24. The highest BCUT2D eigenvalue weighted by Crippen LogP contribution is 2.27. The second kappa shape index (κ2) is 4.12. The van der Waals surface area contributed by atoms with Crippen LogP contribution < -0.4 is 5.32 Å². The summed E-state index contributed by atoms with van der Waals surface area (Å²) < 4.78 is 0. The number of fused-ring (bicyclic) bond motifs is 1. The summed E-state index contributed by atoms with van der Waals surface area (Å²) in [6.07, 6.45) is 0. The van der Waals surface area contributed by atoms with Crippen LogP contribution in [0.1, 0.15) is 23.7 Å². The van der Waals surface area contributed by atoms with Gasteiger partial charge in [-0.2, -0.15) is 0 Å². The summed E-state index contributed by atoms with van der Waals surface area (Å²) in [7, 11) is 0. The minimum atomic E-state index is 0.936. The van der Waals surface area contributed by atoms with Crippen LogP contribution in [0, 0.1) is 20.8 Å². The second-order valence-electron chi connectivity index (χ2n) is 4.25. The molecule has 0 aliphatic rings. The molecule has 1 aromatic heterocycles. The number of benzene rings is 1. The van der Waals surface area contributed by atoms with Crippen molar-refractivity contribution in [1.29, 1.82) is 0 Å². The van der Waals surface area contributed by atoms with Crippen molar-refractivity contribution in [2.24, 2.45) is 0 Å². The molecule has 0 atom stereocenters. The van der Waals surface area contributed by atoms with Crippen LogP contribution in [0.5, 0.6) is 0 Å². The molecule has 0 unspecified atom stereocenters. The van der Waals surface area contributed by atoms with E-state index in [0.29, 0.717) is 0 Å². The van der Waals surface area contributed by atoms with E-state index in [1.807, 2.05) is 6.92 Å². The minimum absolute atomic E-state index is 0.936. The lowest BCUT2D eigenvalue weighted by molar-refractivity contribution is 1.18. The van der Waals surface area contributed by atoms with Crippen molar-refractivity contribution in [3.8, 4) is 0 Å². The van der Waals surface area contributed by atoms with Gasteiger partial charge < -0.3 is 5.32 Å². The molecule has 0 fully saturated rings. The van der Waals surface area contributed by atoms with Crippen LogP contribution >= 0.6 is 0 Å². The van der Waals surface area contributed by atoms with Crippen molar-refractivity contribution >= 4 is 16.6 Å². The predicted molar refractivity (Wildman–Crippen MR) is 70.1 cm³/mol. The van der Waals surface area contributed by atoms with Crippen molar-refractivity contribution in [3.63, 3.8) is 0 Å². The van der Waals surface area contributed by atoms with Crippen molar-refractivity contribution in [2.45, 2.75) is 27.7 Å². The minimum Gasteiger partial charge on any atom is -0.385 e. The molecule has 0 saturated carbocycles. The fourth-order valence-corrected chi connectivity index (χ4v) is 1.99. The van der Waals surface area contributed by atoms with Crippen LogP contribution in [0.3, 0.4) is 0 Å². The Kier molecular flexibility index (Phi) is 2.82. The maximum Gasteiger partial charge on any atom is 0.0757 e. The lowest BCUT2D eigenvalue weighted by Crippen LogP contribution is -2.00. The molecule has 0 spiro atoms. The van der Waals surface area contributed by atoms with E-state index in [2.05, 4.69) is 49.3 Å². The summed E-state index contributed by atoms with van der Waals surface area (Å²) in [6, 6.07) is 6.43. The average molecular weight is 214 g/mol. The molecule has 2 rings (SSSR count). The molecule has 0 amide bonds. The lowest BCUT2D eigenvalue weighted by atomic mass is 10.0. The molecule has 2 nitrogen and oxygen atoms in total. The fourth-order valence-electron chi connectivity index (χ4n) is 1.99. The molecule has 84 valence electrons. The molecule has 2 aromatic rings. The van der Waals surface area contributed by atoms with E-state index < -0.39 is 0 Å². The van der Waals surface area contributed by atoms with Crippen LogP contribution in [-0.2, 0) is 0 Å². The number of pyridine rings is 1. The summed E-state index contributed by atoms with van der Waals surface area (Å²) in [5.41, 5.74) is 5.95. The van der Waals surface area contributed by atoms with E-state index in [-0.39, 0.29) is 0 Å². The molecule has 0 bridgehead atoms. The van der Waals surface area contributed by atoms with Gasteiger partial charge in [0.25, 0.3) is 0 Å². The van der Waals surface area contributed by atoms with Gasteiger partial charge in [0.15, 0.2) is 0 Å². The predicted octanol–water partition coefficient (Wildman–Crippen LogP) is 3.59. The van der Waals surface area contributed by atoms with Gasteiger partial charge >= 0.3 is 0 Å². The van der Waals surface area contributed by atoms with E-state index in [1.165, 1.54) is 22.2 Å². The Bertz CT molecular complexity index is 530. The number of hydrogen-bond acceptors (Lipinski definition) is 2. The Morgan fingerprint density at radius 3 is 2.62 bits per heavy atom. The third-order valence-corrected chi connectivity index (χ3v) is 3.00. The molecule has 1 heterocycles. The highest BCUT2D eigenvalue weighted by atomic mass is 14.9. The highest BCUT2D eigenvalue weighted by Gasteiger charge is 2.06. The number of anilines is 1. The van der Waals surface area contributed by atoms with Crippen LogP contribution in [-0.4, -0.2) is 11.5 Å². The first-order valence-corrected chi connectivity index (χ1v) is 5.75. The number of aryl methyl sites for hydroxylation is 3. The summed E-state index contributed by atoms with van der Waals surface area (Å²) in [6.45, 7) is 9.36. The van der Waals surface area contributed by atoms with Gasteiger partial charge in [-0.3, -0.25) is 4.98 Å². The maximum absolute atomic E-state index is 4.64. The van der Waals surface area contributed by atoms with Gasteiger partial charge in [0.1, 0.15) is 0 Å². The Labute approximate surface area is 96.7 Å². The van der Waals surface area contributed by atoms with Gasteiger partial charge in [0.2, 0.25) is 0 Å². The van der Waals surface area contributed by atoms with Gasteiger partial charge in [-0.1, -0.05) is 12.1 Å². The normalized spacial score (nSPS) is 10.8. The number of nitrogens with one attached hydrogen (secondary N) is 1. The van der Waals surface area contributed by atoms with E-state index in [4.69, 9.17) is 0 Å². The zero-order chi connectivity index (χ0) is 11.7. The van der Waals surface area contributed by atoms with Crippen LogP contribution in [0.25, 0.3) is 10.9 Å². The van der Waals surface area contributed by atoms with Crippen molar-refractivity contribution in [2.75, 3.05) is 11.9 Å². The summed E-state index contributed by atoms with van der Waals surface area (Å²) in [5, 5.41) is 4.62. The molecule has 0 aliphatic heterocycles. The second-order valence-corrected chi connectivity index (χ2v) is 4.25. The van der Waals surface area contributed by atoms with Gasteiger partial charge in [-0.15, -0.1) is 0 Å². The van der Waals surface area contributed by atoms with Gasteiger partial charge in [-0.25, -0.2) is 0 Å². The number of rotatable bonds is 2. The smallest absolute Gasteiger partial charge is 0.0757 e. The monoisotopic (exact) mass is 214 g/mol. The molecule has 1 aromatic carbocycles. The molecule has 0 radical (unpaired) electrons. The number of nitrogens with zero attached hydrogens (tertiary/aromatic N) is 1.